The summed E-state index contributed by atoms with van der Waals surface area (Å²) in [7, 11) is 0. The standard InChI is InChI=1S/C22H17N3O6S/c26-19(15-7-4-8-17(9-15)25(29)30)12-31-21(28)16-10-20(27)24(11-16)22-23-18(13-32-22)14-5-2-1-3-6-14/h1-9,13,16H,10-12H2/t16-/m0/s1. The highest BCUT2D eigenvalue weighted by Gasteiger charge is 2.37. The maximum Gasteiger partial charge on any atom is 0.311 e. The van der Waals surface area contributed by atoms with Crippen LogP contribution in [0.4, 0.5) is 10.8 Å². The lowest BCUT2D eigenvalue weighted by atomic mass is 10.1. The number of aromatic nitrogens is 1. The first-order chi connectivity index (χ1) is 15.4. The maximum absolute atomic E-state index is 12.5. The molecule has 0 unspecified atom stereocenters. The zero-order valence-electron chi connectivity index (χ0n) is 16.7. The molecular formula is C22H17N3O6S. The number of rotatable bonds is 7. The van der Waals surface area contributed by atoms with Gasteiger partial charge in [-0.1, -0.05) is 42.5 Å². The van der Waals surface area contributed by atoms with E-state index in [2.05, 4.69) is 4.98 Å². The van der Waals surface area contributed by atoms with Crippen LogP contribution in [0, 0.1) is 16.0 Å². The van der Waals surface area contributed by atoms with Crippen molar-refractivity contribution in [2.24, 2.45) is 5.92 Å². The lowest BCUT2D eigenvalue weighted by molar-refractivity contribution is -0.384. The molecule has 1 fully saturated rings. The molecule has 32 heavy (non-hydrogen) atoms. The number of ether oxygens (including phenoxy) is 1. The topological polar surface area (TPSA) is 120 Å². The minimum absolute atomic E-state index is 0.0376. The number of carbonyl (C=O) groups is 3. The maximum atomic E-state index is 12.5. The summed E-state index contributed by atoms with van der Waals surface area (Å²) in [5.74, 6) is -2.19. The van der Waals surface area contributed by atoms with Crippen LogP contribution in [0.3, 0.4) is 0 Å². The highest BCUT2D eigenvalue weighted by atomic mass is 32.1. The number of nitro groups is 1. The molecule has 0 saturated carbocycles. The number of ketones is 1. The van der Waals surface area contributed by atoms with Crippen LogP contribution in [-0.4, -0.2) is 40.7 Å². The second-order valence-electron chi connectivity index (χ2n) is 7.13. The van der Waals surface area contributed by atoms with E-state index in [4.69, 9.17) is 4.74 Å². The van der Waals surface area contributed by atoms with Crippen molar-refractivity contribution in [3.8, 4) is 11.3 Å². The van der Waals surface area contributed by atoms with Crippen molar-refractivity contribution in [3.63, 3.8) is 0 Å². The second-order valence-corrected chi connectivity index (χ2v) is 7.96. The van der Waals surface area contributed by atoms with E-state index in [9.17, 15) is 24.5 Å². The number of thiazole rings is 1. The van der Waals surface area contributed by atoms with E-state index >= 15 is 0 Å². The zero-order valence-corrected chi connectivity index (χ0v) is 17.5. The number of hydrogen-bond acceptors (Lipinski definition) is 8. The summed E-state index contributed by atoms with van der Waals surface area (Å²) in [5, 5.41) is 13.2. The summed E-state index contributed by atoms with van der Waals surface area (Å²) in [5.41, 5.74) is 1.52. The summed E-state index contributed by atoms with van der Waals surface area (Å²) >= 11 is 1.31. The Balaban J connectivity index is 1.36. The van der Waals surface area contributed by atoms with Crippen molar-refractivity contribution in [3.05, 3.63) is 75.7 Å². The number of nitrogens with zero attached hydrogens (tertiary/aromatic N) is 3. The molecule has 0 N–H and O–H groups in total. The van der Waals surface area contributed by atoms with Crippen molar-refractivity contribution in [2.45, 2.75) is 6.42 Å². The average Bonchev–Trinajstić information content (AvgIpc) is 3.44. The molecule has 2 heterocycles. The van der Waals surface area contributed by atoms with Crippen LogP contribution in [-0.2, 0) is 14.3 Å². The van der Waals surface area contributed by atoms with Crippen molar-refractivity contribution in [2.75, 3.05) is 18.1 Å². The van der Waals surface area contributed by atoms with Gasteiger partial charge >= 0.3 is 5.97 Å². The Labute approximate surface area is 186 Å². The molecule has 2 aromatic carbocycles. The van der Waals surface area contributed by atoms with Gasteiger partial charge in [0.25, 0.3) is 5.69 Å². The Kier molecular flexibility index (Phi) is 6.04. The van der Waals surface area contributed by atoms with E-state index in [1.54, 1.807) is 0 Å². The summed E-state index contributed by atoms with van der Waals surface area (Å²) in [6.07, 6.45) is -0.0376. The van der Waals surface area contributed by atoms with Gasteiger partial charge in [-0.25, -0.2) is 4.98 Å². The second kappa shape index (κ2) is 9.06. The number of Topliss-reactive ketones (excluding diaryl/α,β-unsaturated/α-hetero) is 1. The fraction of sp³-hybridized carbons (Fsp3) is 0.182. The molecule has 1 atom stereocenters. The minimum Gasteiger partial charge on any atom is -0.457 e. The number of nitro benzene ring substituents is 1. The molecule has 162 valence electrons. The number of benzene rings is 2. The molecule has 3 aromatic rings. The van der Waals surface area contributed by atoms with Crippen molar-refractivity contribution >= 4 is 39.8 Å². The van der Waals surface area contributed by atoms with Gasteiger partial charge in [-0.15, -0.1) is 11.3 Å². The number of esters is 1. The molecule has 4 rings (SSSR count). The number of hydrogen-bond donors (Lipinski definition) is 0. The third-order valence-electron chi connectivity index (χ3n) is 4.98. The third kappa shape index (κ3) is 4.54. The molecule has 1 aliphatic rings. The van der Waals surface area contributed by atoms with E-state index < -0.39 is 29.2 Å². The number of carbonyl (C=O) groups excluding carboxylic acids is 3. The van der Waals surface area contributed by atoms with E-state index in [1.807, 2.05) is 35.7 Å². The van der Waals surface area contributed by atoms with Gasteiger partial charge in [0, 0.05) is 41.6 Å². The lowest BCUT2D eigenvalue weighted by Crippen LogP contribution is -2.27. The van der Waals surface area contributed by atoms with Crippen LogP contribution in [0.2, 0.25) is 0 Å². The molecule has 1 saturated heterocycles. The largest absolute Gasteiger partial charge is 0.457 e. The van der Waals surface area contributed by atoms with E-state index in [0.717, 1.165) is 17.3 Å². The van der Waals surface area contributed by atoms with Crippen LogP contribution in [0.15, 0.2) is 60.0 Å². The highest BCUT2D eigenvalue weighted by molar-refractivity contribution is 7.14. The van der Waals surface area contributed by atoms with Gasteiger partial charge < -0.3 is 4.74 Å². The Bertz CT molecular complexity index is 1190. The molecular weight excluding hydrogens is 434 g/mol. The van der Waals surface area contributed by atoms with Gasteiger partial charge in [-0.2, -0.15) is 0 Å². The molecule has 0 radical (unpaired) electrons. The van der Waals surface area contributed by atoms with Crippen LogP contribution < -0.4 is 4.90 Å². The van der Waals surface area contributed by atoms with Gasteiger partial charge in [0.15, 0.2) is 11.7 Å². The van der Waals surface area contributed by atoms with Gasteiger partial charge in [0.1, 0.15) is 0 Å². The average molecular weight is 451 g/mol. The molecule has 0 bridgehead atoms. The molecule has 1 aliphatic heterocycles. The van der Waals surface area contributed by atoms with E-state index in [0.29, 0.717) is 5.13 Å². The van der Waals surface area contributed by atoms with E-state index in [1.165, 1.54) is 34.4 Å². The van der Waals surface area contributed by atoms with Crippen molar-refractivity contribution in [1.82, 2.24) is 4.98 Å². The summed E-state index contributed by atoms with van der Waals surface area (Å²) in [6.45, 7) is -0.440. The quantitative estimate of drug-likeness (QED) is 0.233. The molecule has 1 aromatic heterocycles. The van der Waals surface area contributed by atoms with Crippen LogP contribution in [0.25, 0.3) is 11.3 Å². The first-order valence-electron chi connectivity index (χ1n) is 9.68. The van der Waals surface area contributed by atoms with Gasteiger partial charge in [-0.05, 0) is 0 Å². The molecule has 0 spiro atoms. The summed E-state index contributed by atoms with van der Waals surface area (Å²) in [6, 6.07) is 14.7. The van der Waals surface area contributed by atoms with Gasteiger partial charge in [-0.3, -0.25) is 29.4 Å². The van der Waals surface area contributed by atoms with Crippen molar-refractivity contribution in [1.29, 1.82) is 0 Å². The molecule has 0 aliphatic carbocycles. The van der Waals surface area contributed by atoms with Crippen LogP contribution >= 0.6 is 11.3 Å². The highest BCUT2D eigenvalue weighted by Crippen LogP contribution is 2.32. The summed E-state index contributed by atoms with van der Waals surface area (Å²) in [4.78, 5) is 53.3. The van der Waals surface area contributed by atoms with Gasteiger partial charge in [0.2, 0.25) is 11.7 Å². The lowest BCUT2D eigenvalue weighted by Gasteiger charge is -2.12. The Morgan fingerprint density at radius 3 is 2.72 bits per heavy atom. The molecule has 1 amide bonds. The number of non-ortho nitro benzene ring substituents is 1. The van der Waals surface area contributed by atoms with Crippen molar-refractivity contribution < 1.29 is 24.0 Å². The monoisotopic (exact) mass is 451 g/mol. The number of anilines is 1. The predicted molar refractivity (Wildman–Crippen MR) is 116 cm³/mol. The van der Waals surface area contributed by atoms with Crippen LogP contribution in [0.5, 0.6) is 0 Å². The zero-order chi connectivity index (χ0) is 22.7. The fourth-order valence-electron chi connectivity index (χ4n) is 3.31. The Morgan fingerprint density at radius 2 is 1.97 bits per heavy atom. The third-order valence-corrected chi connectivity index (χ3v) is 5.84. The SMILES string of the molecule is O=C(COC(=O)[C@H]1CC(=O)N(c2nc(-c3ccccc3)cs2)C1)c1cccc([N+](=O)[O-])c1. The summed E-state index contributed by atoms with van der Waals surface area (Å²) < 4.78 is 5.10. The first kappa shape index (κ1) is 21.3. The number of amides is 1. The normalized spacial score (nSPS) is 15.6. The van der Waals surface area contributed by atoms with Gasteiger partial charge in [0.05, 0.1) is 16.5 Å². The minimum atomic E-state index is -0.718. The van der Waals surface area contributed by atoms with E-state index in [-0.39, 0.29) is 30.1 Å². The first-order valence-corrected chi connectivity index (χ1v) is 10.6. The van der Waals surface area contributed by atoms with Crippen LogP contribution in [0.1, 0.15) is 16.8 Å². The predicted octanol–water partition coefficient (Wildman–Crippen LogP) is 3.50. The molecule has 10 heteroatoms. The fourth-order valence-corrected chi connectivity index (χ4v) is 4.17. The smallest absolute Gasteiger partial charge is 0.311 e. The Hall–Kier alpha value is -3.92. The Morgan fingerprint density at radius 1 is 1.19 bits per heavy atom. The molecule has 9 nitrogen and oxygen atoms in total.